The first kappa shape index (κ1) is 50.0. The molecule has 5 nitrogen and oxygen atoms in total. The number of pyridine rings is 1. The van der Waals surface area contributed by atoms with Crippen LogP contribution in [-0.4, -0.2) is 9.55 Å². The van der Waals surface area contributed by atoms with Crippen LogP contribution < -0.4 is 14.5 Å². The van der Waals surface area contributed by atoms with Crippen LogP contribution >= 0.6 is 0 Å². The van der Waals surface area contributed by atoms with E-state index in [0.717, 1.165) is 55.9 Å². The van der Waals surface area contributed by atoms with Gasteiger partial charge in [0.05, 0.1) is 0 Å². The minimum Gasteiger partial charge on any atom is -0.509 e. The van der Waals surface area contributed by atoms with Gasteiger partial charge >= 0.3 is 21.1 Å². The number of fused-ring (bicyclic) bond motifs is 4. The third-order valence-corrected chi connectivity index (χ3v) is 13.7. The number of ether oxygens (including phenoxy) is 1. The number of nitrogens with zero attached hydrogens (tertiary/aromatic N) is 4. The summed E-state index contributed by atoms with van der Waals surface area (Å²) in [6, 6.07) is 64.0. The van der Waals surface area contributed by atoms with Gasteiger partial charge in [0.15, 0.2) is 0 Å². The minimum atomic E-state index is -0.237. The molecule has 0 spiro atoms. The van der Waals surface area contributed by atoms with Gasteiger partial charge in [-0.15, -0.1) is 48.1 Å². The normalized spacial score (nSPS) is 13.0. The molecule has 0 fully saturated rings. The molecule has 2 aromatic heterocycles. The van der Waals surface area contributed by atoms with E-state index >= 15 is 0 Å². The van der Waals surface area contributed by atoms with Crippen LogP contribution in [0.2, 0.25) is 0 Å². The van der Waals surface area contributed by atoms with Crippen LogP contribution in [0.3, 0.4) is 0 Å². The van der Waals surface area contributed by atoms with E-state index in [4.69, 9.17) is 9.72 Å². The summed E-state index contributed by atoms with van der Waals surface area (Å²) in [6.07, 6.45) is 1.91. The summed E-state index contributed by atoms with van der Waals surface area (Å²) in [7, 11) is 0. The standard InChI is InChI=1S/C63H61N4O.CH3.Pt/c1-60(2,3)45-31-32-64-59(38-45)67-55-29-25-43(42-19-14-12-15-20-42)33-54(55)53-28-27-52(40-57(53)67)68-51-24-18-23-49(39-51)65-41-66(50-35-47(61(4,5)6)34-48(36-50)62(7,8)9)56-30-26-46(37-58(56)65)63(10,11)44-21-16-13-17-22-44;;/h12-38,41H,1-11H3;1H3;/q-3;-1;+4. The van der Waals surface area contributed by atoms with Crippen molar-refractivity contribution in [1.82, 2.24) is 9.55 Å². The van der Waals surface area contributed by atoms with Crippen LogP contribution in [0.1, 0.15) is 104 Å². The number of hydrogen-bond donors (Lipinski definition) is 0. The predicted molar refractivity (Wildman–Crippen MR) is 291 cm³/mol. The summed E-state index contributed by atoms with van der Waals surface area (Å²) in [5.41, 5.74) is 14.4. The van der Waals surface area contributed by atoms with E-state index in [1.807, 2.05) is 18.3 Å². The van der Waals surface area contributed by atoms with Crippen molar-refractivity contribution >= 4 is 44.6 Å². The van der Waals surface area contributed by atoms with Crippen molar-refractivity contribution in [3.63, 3.8) is 0 Å². The fraction of sp³-hybridized carbons (Fsp3) is 0.234. The van der Waals surface area contributed by atoms with Crippen molar-refractivity contribution in [1.29, 1.82) is 0 Å². The third-order valence-electron chi connectivity index (χ3n) is 13.7. The van der Waals surface area contributed by atoms with Crippen LogP contribution in [0.25, 0.3) is 38.8 Å². The molecule has 0 saturated heterocycles. The van der Waals surface area contributed by atoms with E-state index in [1.165, 1.54) is 33.4 Å². The van der Waals surface area contributed by atoms with Crippen LogP contribution in [0, 0.1) is 26.2 Å². The van der Waals surface area contributed by atoms with Crippen molar-refractivity contribution < 1.29 is 25.8 Å². The van der Waals surface area contributed by atoms with Crippen molar-refractivity contribution in [2.75, 3.05) is 9.80 Å². The Labute approximate surface area is 431 Å². The molecule has 0 N–H and O–H groups in total. The Kier molecular flexibility index (Phi) is 13.4. The molecule has 3 heterocycles. The maximum Gasteiger partial charge on any atom is 4.00 e. The van der Waals surface area contributed by atoms with Gasteiger partial charge in [0, 0.05) is 45.7 Å². The topological polar surface area (TPSA) is 33.5 Å². The fourth-order valence-electron chi connectivity index (χ4n) is 9.38. The molecule has 70 heavy (non-hydrogen) atoms. The zero-order valence-corrected chi connectivity index (χ0v) is 45.0. The molecule has 356 valence electrons. The minimum absolute atomic E-state index is 0. The van der Waals surface area contributed by atoms with Crippen LogP contribution in [-0.2, 0) is 42.7 Å². The fourth-order valence-corrected chi connectivity index (χ4v) is 9.38. The van der Waals surface area contributed by atoms with E-state index in [0.29, 0.717) is 11.5 Å². The van der Waals surface area contributed by atoms with Gasteiger partial charge in [0.2, 0.25) is 0 Å². The van der Waals surface area contributed by atoms with Crippen LogP contribution in [0.4, 0.5) is 22.7 Å². The van der Waals surface area contributed by atoms with Gasteiger partial charge in [-0.05, 0) is 103 Å². The SMILES string of the molecule is CC(C)(C)c1cc(N2[CH-]N(c3[c-]c(Oc4[c-]c5c(cc4)c4cc(-c6ccccc6)ccc4n5-c4cc(C(C)(C)C)ccn4)ccc3)c3cc(C(C)(C)c4ccccc4)ccc32)cc(C(C)(C)C)c1.[CH3-].[Pt+4]. The molecular weight excluding hydrogens is 1040 g/mol. The van der Waals surface area contributed by atoms with E-state index in [1.54, 1.807) is 0 Å². The Hall–Kier alpha value is -6.42. The molecule has 7 aromatic carbocycles. The molecule has 6 heteroatoms. The molecule has 0 bridgehead atoms. The Morgan fingerprint density at radius 3 is 1.81 bits per heavy atom. The van der Waals surface area contributed by atoms with Gasteiger partial charge in [-0.1, -0.05) is 167 Å². The van der Waals surface area contributed by atoms with E-state index < -0.39 is 0 Å². The second kappa shape index (κ2) is 18.7. The van der Waals surface area contributed by atoms with Crippen molar-refractivity contribution in [3.8, 4) is 28.4 Å². The van der Waals surface area contributed by atoms with Crippen molar-refractivity contribution in [2.45, 2.75) is 97.8 Å². The Morgan fingerprint density at radius 1 is 0.486 bits per heavy atom. The largest absolute Gasteiger partial charge is 4.00 e. The molecule has 1 aliphatic rings. The van der Waals surface area contributed by atoms with Crippen molar-refractivity contribution in [3.05, 3.63) is 218 Å². The molecule has 0 radical (unpaired) electrons. The van der Waals surface area contributed by atoms with Gasteiger partial charge < -0.3 is 26.5 Å². The summed E-state index contributed by atoms with van der Waals surface area (Å²) in [6.45, 7) is 27.3. The first-order chi connectivity index (χ1) is 32.3. The number of anilines is 4. The molecule has 0 amide bonds. The van der Waals surface area contributed by atoms with Gasteiger partial charge in [-0.3, -0.25) is 0 Å². The van der Waals surface area contributed by atoms with Gasteiger partial charge in [0.25, 0.3) is 0 Å². The average Bonchev–Trinajstić information content (AvgIpc) is 3.86. The smallest absolute Gasteiger partial charge is 0.509 e. The predicted octanol–water partition coefficient (Wildman–Crippen LogP) is 17.3. The molecular formula is C64H64N4OPt. The van der Waals surface area contributed by atoms with Crippen LogP contribution in [0.15, 0.2) is 164 Å². The average molecular weight is 1100 g/mol. The molecule has 1 aliphatic heterocycles. The Bertz CT molecular complexity index is 3300. The quantitative estimate of drug-likeness (QED) is 0.142. The molecule has 0 saturated carbocycles. The second-order valence-electron chi connectivity index (χ2n) is 22.0. The summed E-state index contributed by atoms with van der Waals surface area (Å²) in [5.74, 6) is 2.04. The molecule has 0 atom stereocenters. The monoisotopic (exact) mass is 1100 g/mol. The first-order valence-corrected chi connectivity index (χ1v) is 23.9. The maximum absolute atomic E-state index is 6.79. The number of rotatable bonds is 8. The second-order valence-corrected chi connectivity index (χ2v) is 22.0. The molecule has 10 rings (SSSR count). The number of benzene rings is 7. The number of hydrogen-bond acceptors (Lipinski definition) is 4. The third kappa shape index (κ3) is 9.46. The van der Waals surface area contributed by atoms with E-state index in [9.17, 15) is 0 Å². The Balaban J connectivity index is 0.00000329. The first-order valence-electron chi connectivity index (χ1n) is 23.9. The molecule has 0 unspecified atom stereocenters. The Morgan fingerprint density at radius 2 is 1.14 bits per heavy atom. The molecule has 0 aliphatic carbocycles. The van der Waals surface area contributed by atoms with Crippen LogP contribution in [0.5, 0.6) is 11.5 Å². The van der Waals surface area contributed by atoms with Crippen molar-refractivity contribution in [2.24, 2.45) is 0 Å². The zero-order chi connectivity index (χ0) is 47.8. The van der Waals surface area contributed by atoms with Gasteiger partial charge in [-0.2, -0.15) is 12.1 Å². The van der Waals surface area contributed by atoms with E-state index in [-0.39, 0.29) is 50.2 Å². The number of aromatic nitrogens is 2. The summed E-state index contributed by atoms with van der Waals surface area (Å²) in [5, 5.41) is 2.21. The van der Waals surface area contributed by atoms with Gasteiger partial charge in [-0.25, -0.2) is 4.98 Å². The molecule has 9 aromatic rings. The van der Waals surface area contributed by atoms with Gasteiger partial charge in [0.1, 0.15) is 5.82 Å². The summed E-state index contributed by atoms with van der Waals surface area (Å²) >= 11 is 0. The van der Waals surface area contributed by atoms with E-state index in [2.05, 4.69) is 255 Å². The summed E-state index contributed by atoms with van der Waals surface area (Å²) < 4.78 is 9.01. The maximum atomic E-state index is 6.79. The zero-order valence-electron chi connectivity index (χ0n) is 42.7. The summed E-state index contributed by atoms with van der Waals surface area (Å²) in [4.78, 5) is 9.55.